The van der Waals surface area contributed by atoms with E-state index in [1.54, 1.807) is 12.5 Å². The van der Waals surface area contributed by atoms with Gasteiger partial charge in [0.05, 0.1) is 11.7 Å². The largest absolute Gasteiger partial charge is 0.462 e. The van der Waals surface area contributed by atoms with E-state index >= 15 is 0 Å². The van der Waals surface area contributed by atoms with Gasteiger partial charge in [-0.1, -0.05) is 43.7 Å². The van der Waals surface area contributed by atoms with Crippen LogP contribution in [0.2, 0.25) is 0 Å². The van der Waals surface area contributed by atoms with E-state index < -0.39 is 0 Å². The molecule has 1 aromatic carbocycles. The number of fused-ring (bicyclic) bond motifs is 7. The summed E-state index contributed by atoms with van der Waals surface area (Å²) in [6.07, 6.45) is 10.7. The minimum atomic E-state index is -0.136. The van der Waals surface area contributed by atoms with Crippen LogP contribution in [0.5, 0.6) is 0 Å². The molecular formula is C29H38N2O2. The molecule has 1 heterocycles. The number of nitrogens with zero attached hydrogens (tertiary/aromatic N) is 2. The standard InChI is InChI=1S/C29H38N2O2/c1-18-27-26(30-31(18)21-8-6-5-7-9-21)17-25-23-11-10-20-16-22(33-19(2)32)12-14-28(20,3)24(23)13-15-29(25,27)4/h5-10,18,22-25,27H,11-17H2,1-4H3/t18-,22-,23+,24-,25-,27-,28-,29-/m0/s1. The Morgan fingerprint density at radius 1 is 1.09 bits per heavy atom. The molecule has 3 saturated carbocycles. The lowest BCUT2D eigenvalue weighted by molar-refractivity contribution is -0.148. The van der Waals surface area contributed by atoms with Crippen LogP contribution in [-0.4, -0.2) is 23.8 Å². The Bertz CT molecular complexity index is 1020. The van der Waals surface area contributed by atoms with Crippen LogP contribution in [0.15, 0.2) is 47.1 Å². The third kappa shape index (κ3) is 3.08. The summed E-state index contributed by atoms with van der Waals surface area (Å²) in [7, 11) is 0. The van der Waals surface area contributed by atoms with Crippen molar-refractivity contribution in [3.63, 3.8) is 0 Å². The number of allylic oxidation sites excluding steroid dienone is 1. The maximum Gasteiger partial charge on any atom is 0.302 e. The first-order chi connectivity index (χ1) is 15.8. The van der Waals surface area contributed by atoms with E-state index in [1.807, 2.05) is 0 Å². The van der Waals surface area contributed by atoms with Crippen molar-refractivity contribution in [3.8, 4) is 0 Å². The normalized spacial score (nSPS) is 43.6. The van der Waals surface area contributed by atoms with Gasteiger partial charge in [-0.25, -0.2) is 0 Å². The van der Waals surface area contributed by atoms with Crippen molar-refractivity contribution in [2.24, 2.45) is 39.6 Å². The summed E-state index contributed by atoms with van der Waals surface area (Å²) in [5.41, 5.74) is 4.88. The molecule has 8 atom stereocenters. The SMILES string of the molecule is CC(=O)O[C@H]1CC[C@@]2(C)C(=CC[C@H]3[C@@H]4CC5=NN(c6ccccc6)[C@@H](C)[C@@H]5[C@@]4(C)CC[C@@H]32)C1. The van der Waals surface area contributed by atoms with Crippen molar-refractivity contribution in [1.82, 2.24) is 0 Å². The van der Waals surface area contributed by atoms with Crippen LogP contribution in [0.1, 0.15) is 72.6 Å². The van der Waals surface area contributed by atoms with Gasteiger partial charge in [-0.3, -0.25) is 9.80 Å². The van der Waals surface area contributed by atoms with Crippen molar-refractivity contribution in [1.29, 1.82) is 0 Å². The molecule has 0 N–H and O–H groups in total. The van der Waals surface area contributed by atoms with Crippen LogP contribution in [0.4, 0.5) is 5.69 Å². The number of carbonyl (C=O) groups excluding carboxylic acids is 1. The molecule has 6 rings (SSSR count). The number of benzene rings is 1. The molecule has 3 fully saturated rings. The minimum absolute atomic E-state index is 0.0808. The van der Waals surface area contributed by atoms with E-state index in [9.17, 15) is 4.79 Å². The molecule has 5 aliphatic rings. The Morgan fingerprint density at radius 3 is 2.64 bits per heavy atom. The Labute approximate surface area is 198 Å². The van der Waals surface area contributed by atoms with Crippen LogP contribution >= 0.6 is 0 Å². The zero-order valence-electron chi connectivity index (χ0n) is 20.6. The molecule has 0 unspecified atom stereocenters. The molecule has 0 saturated heterocycles. The Morgan fingerprint density at radius 2 is 1.88 bits per heavy atom. The Hall–Kier alpha value is -2.10. The number of hydrogen-bond acceptors (Lipinski definition) is 4. The molecule has 0 aromatic heterocycles. The van der Waals surface area contributed by atoms with Crippen molar-refractivity contribution < 1.29 is 9.53 Å². The molecule has 176 valence electrons. The van der Waals surface area contributed by atoms with Crippen LogP contribution < -0.4 is 5.01 Å². The number of rotatable bonds is 2. The number of para-hydroxylation sites is 1. The summed E-state index contributed by atoms with van der Waals surface area (Å²) in [5, 5.41) is 7.53. The van der Waals surface area contributed by atoms with Crippen molar-refractivity contribution in [2.75, 3.05) is 5.01 Å². The number of anilines is 1. The molecule has 0 bridgehead atoms. The second-order valence-electron chi connectivity index (χ2n) is 12.0. The summed E-state index contributed by atoms with van der Waals surface area (Å²) in [6.45, 7) is 9.05. The van der Waals surface area contributed by atoms with E-state index in [4.69, 9.17) is 9.84 Å². The van der Waals surface area contributed by atoms with E-state index in [1.165, 1.54) is 37.1 Å². The van der Waals surface area contributed by atoms with Crippen LogP contribution in [0, 0.1) is 34.5 Å². The van der Waals surface area contributed by atoms with E-state index in [0.717, 1.165) is 37.0 Å². The molecule has 1 aliphatic heterocycles. The summed E-state index contributed by atoms with van der Waals surface area (Å²) >= 11 is 0. The second-order valence-corrected chi connectivity index (χ2v) is 12.0. The number of hydrazone groups is 1. The fourth-order valence-electron chi connectivity index (χ4n) is 8.99. The zero-order chi connectivity index (χ0) is 23.0. The maximum absolute atomic E-state index is 11.5. The van der Waals surface area contributed by atoms with Gasteiger partial charge in [-0.2, -0.15) is 5.10 Å². The highest BCUT2D eigenvalue weighted by atomic mass is 16.5. The number of esters is 1. The van der Waals surface area contributed by atoms with Crippen molar-refractivity contribution in [2.45, 2.75) is 84.8 Å². The van der Waals surface area contributed by atoms with E-state index in [2.05, 4.69) is 62.2 Å². The topological polar surface area (TPSA) is 41.9 Å². The van der Waals surface area contributed by atoms with Gasteiger partial charge in [0.2, 0.25) is 0 Å². The van der Waals surface area contributed by atoms with Crippen LogP contribution in [-0.2, 0) is 9.53 Å². The minimum Gasteiger partial charge on any atom is -0.462 e. The molecule has 0 spiro atoms. The number of hydrogen-bond donors (Lipinski definition) is 0. The molecule has 0 radical (unpaired) electrons. The van der Waals surface area contributed by atoms with Gasteiger partial charge in [0.25, 0.3) is 0 Å². The molecule has 33 heavy (non-hydrogen) atoms. The van der Waals surface area contributed by atoms with Gasteiger partial charge >= 0.3 is 5.97 Å². The summed E-state index contributed by atoms with van der Waals surface area (Å²) < 4.78 is 5.62. The second kappa shape index (κ2) is 7.45. The van der Waals surface area contributed by atoms with Gasteiger partial charge in [-0.05, 0) is 86.2 Å². The average molecular weight is 447 g/mol. The fraction of sp³-hybridized carbons (Fsp3) is 0.655. The quantitative estimate of drug-likeness (QED) is 0.391. The summed E-state index contributed by atoms with van der Waals surface area (Å²) in [4.78, 5) is 11.5. The predicted octanol–water partition coefficient (Wildman–Crippen LogP) is 6.37. The molecule has 4 aliphatic carbocycles. The number of carbonyl (C=O) groups is 1. The lowest BCUT2D eigenvalue weighted by Crippen LogP contribution is -2.52. The number of ether oxygens (including phenoxy) is 1. The van der Waals surface area contributed by atoms with E-state index in [0.29, 0.717) is 17.4 Å². The van der Waals surface area contributed by atoms with Gasteiger partial charge < -0.3 is 4.74 Å². The lowest BCUT2D eigenvalue weighted by atomic mass is 9.47. The third-order valence-electron chi connectivity index (χ3n) is 10.5. The molecule has 4 nitrogen and oxygen atoms in total. The molecule has 1 aromatic rings. The predicted molar refractivity (Wildman–Crippen MR) is 132 cm³/mol. The molecule has 0 amide bonds. The summed E-state index contributed by atoms with van der Waals surface area (Å²) in [6, 6.07) is 11.1. The van der Waals surface area contributed by atoms with Crippen LogP contribution in [0.3, 0.4) is 0 Å². The fourth-order valence-corrected chi connectivity index (χ4v) is 8.99. The first-order valence-corrected chi connectivity index (χ1v) is 13.1. The maximum atomic E-state index is 11.5. The summed E-state index contributed by atoms with van der Waals surface area (Å²) in [5.74, 6) is 2.69. The smallest absolute Gasteiger partial charge is 0.302 e. The van der Waals surface area contributed by atoms with Crippen molar-refractivity contribution >= 4 is 17.4 Å². The lowest BCUT2D eigenvalue weighted by Gasteiger charge is -2.58. The Kier molecular flexibility index (Phi) is 4.84. The highest BCUT2D eigenvalue weighted by Gasteiger charge is 2.63. The highest BCUT2D eigenvalue weighted by molar-refractivity contribution is 5.94. The molecule has 4 heteroatoms. The van der Waals surface area contributed by atoms with Gasteiger partial charge in [-0.15, -0.1) is 0 Å². The zero-order valence-corrected chi connectivity index (χ0v) is 20.6. The van der Waals surface area contributed by atoms with Gasteiger partial charge in [0, 0.05) is 25.0 Å². The van der Waals surface area contributed by atoms with E-state index in [-0.39, 0.29) is 17.5 Å². The first-order valence-electron chi connectivity index (χ1n) is 13.1. The molecular weight excluding hydrogens is 408 g/mol. The van der Waals surface area contributed by atoms with Gasteiger partial charge in [0.1, 0.15) is 6.10 Å². The van der Waals surface area contributed by atoms with Crippen LogP contribution in [0.25, 0.3) is 0 Å². The first kappa shape index (κ1) is 21.4. The monoisotopic (exact) mass is 446 g/mol. The Balaban J connectivity index is 1.28. The third-order valence-corrected chi connectivity index (χ3v) is 10.5. The van der Waals surface area contributed by atoms with Crippen molar-refractivity contribution in [3.05, 3.63) is 42.0 Å². The average Bonchev–Trinajstić information content (AvgIpc) is 3.28. The van der Waals surface area contributed by atoms with Gasteiger partial charge in [0.15, 0.2) is 0 Å². The highest BCUT2D eigenvalue weighted by Crippen LogP contribution is 2.67.